The van der Waals surface area contributed by atoms with Crippen LogP contribution >= 0.6 is 0 Å². The average Bonchev–Trinajstić information content (AvgIpc) is 2.63. The molecule has 0 heteroatoms. The number of hydrogen-bond donors (Lipinski definition) is 0. The lowest BCUT2D eigenvalue weighted by Gasteiger charge is -2.51. The summed E-state index contributed by atoms with van der Waals surface area (Å²) < 4.78 is 0. The Bertz CT molecular complexity index is 332. The molecular weight excluding hydrogens is 180 g/mol. The van der Waals surface area contributed by atoms with E-state index in [4.69, 9.17) is 0 Å². The first-order chi connectivity index (χ1) is 6.90. The van der Waals surface area contributed by atoms with Crippen LogP contribution in [0.1, 0.15) is 59.8 Å². The summed E-state index contributed by atoms with van der Waals surface area (Å²) in [6, 6.07) is 0. The van der Waals surface area contributed by atoms with E-state index in [0.29, 0.717) is 16.2 Å². The van der Waals surface area contributed by atoms with Gasteiger partial charge in [-0.25, -0.2) is 0 Å². The molecule has 3 rings (SSSR count). The molecule has 1 unspecified atom stereocenters. The predicted molar refractivity (Wildman–Crippen MR) is 64.7 cm³/mol. The van der Waals surface area contributed by atoms with Crippen molar-refractivity contribution < 1.29 is 0 Å². The van der Waals surface area contributed by atoms with E-state index in [1.807, 2.05) is 5.57 Å². The van der Waals surface area contributed by atoms with E-state index in [-0.39, 0.29) is 0 Å². The second-order valence-electron chi connectivity index (χ2n) is 7.28. The molecule has 0 amide bonds. The second kappa shape index (κ2) is 2.52. The van der Waals surface area contributed by atoms with Crippen molar-refractivity contribution in [1.29, 1.82) is 0 Å². The van der Waals surface area contributed by atoms with Crippen molar-refractivity contribution in [2.24, 2.45) is 22.2 Å². The Labute approximate surface area is 94.1 Å². The summed E-state index contributed by atoms with van der Waals surface area (Å²) >= 11 is 0. The van der Waals surface area contributed by atoms with Gasteiger partial charge in [0.05, 0.1) is 0 Å². The zero-order valence-electron chi connectivity index (χ0n) is 10.7. The van der Waals surface area contributed by atoms with Gasteiger partial charge >= 0.3 is 0 Å². The molecule has 15 heavy (non-hydrogen) atoms. The van der Waals surface area contributed by atoms with Gasteiger partial charge in [-0.3, -0.25) is 0 Å². The summed E-state index contributed by atoms with van der Waals surface area (Å²) in [6.07, 6.45) is 9.76. The van der Waals surface area contributed by atoms with Gasteiger partial charge in [-0.05, 0) is 54.3 Å². The predicted octanol–water partition coefficient (Wildman–Crippen LogP) is 4.56. The third-order valence-electron chi connectivity index (χ3n) is 6.16. The number of allylic oxidation sites excluding steroid dienone is 2. The van der Waals surface area contributed by atoms with Crippen LogP contribution in [0, 0.1) is 22.2 Å². The van der Waals surface area contributed by atoms with Crippen LogP contribution in [0.5, 0.6) is 0 Å². The summed E-state index contributed by atoms with van der Waals surface area (Å²) in [6.45, 7) is 10.0. The van der Waals surface area contributed by atoms with Gasteiger partial charge in [-0.1, -0.05) is 39.3 Å². The van der Waals surface area contributed by atoms with Crippen molar-refractivity contribution in [3.63, 3.8) is 0 Å². The highest BCUT2D eigenvalue weighted by atomic mass is 14.7. The molecule has 0 aromatic heterocycles. The van der Waals surface area contributed by atoms with E-state index < -0.39 is 0 Å². The van der Waals surface area contributed by atoms with Crippen LogP contribution in [0.3, 0.4) is 0 Å². The van der Waals surface area contributed by atoms with Gasteiger partial charge in [0, 0.05) is 0 Å². The monoisotopic (exact) mass is 204 g/mol. The van der Waals surface area contributed by atoms with E-state index in [1.165, 1.54) is 32.1 Å². The Morgan fingerprint density at radius 2 is 1.87 bits per heavy atom. The molecule has 0 radical (unpaired) electrons. The summed E-state index contributed by atoms with van der Waals surface area (Å²) in [5, 5.41) is 0. The minimum Gasteiger partial charge on any atom is -0.0842 e. The maximum absolute atomic E-state index is 2.60. The van der Waals surface area contributed by atoms with E-state index in [2.05, 4.69) is 33.8 Å². The molecule has 0 aliphatic heterocycles. The Hall–Kier alpha value is -0.260. The second-order valence-corrected chi connectivity index (χ2v) is 7.28. The summed E-state index contributed by atoms with van der Waals surface area (Å²) in [5.41, 5.74) is 3.50. The molecular formula is C15H24. The summed E-state index contributed by atoms with van der Waals surface area (Å²) in [4.78, 5) is 0. The zero-order valence-corrected chi connectivity index (χ0v) is 10.7. The van der Waals surface area contributed by atoms with Crippen LogP contribution in [0.15, 0.2) is 11.6 Å². The van der Waals surface area contributed by atoms with Crippen LogP contribution in [-0.4, -0.2) is 0 Å². The number of rotatable bonds is 0. The van der Waals surface area contributed by atoms with Crippen molar-refractivity contribution in [3.05, 3.63) is 11.6 Å². The highest BCUT2D eigenvalue weighted by molar-refractivity contribution is 5.36. The molecule has 2 saturated carbocycles. The van der Waals surface area contributed by atoms with E-state index in [0.717, 1.165) is 5.92 Å². The molecule has 0 nitrogen and oxygen atoms in total. The van der Waals surface area contributed by atoms with Gasteiger partial charge in [0.1, 0.15) is 0 Å². The van der Waals surface area contributed by atoms with Crippen molar-refractivity contribution in [2.45, 2.75) is 59.8 Å². The average molecular weight is 204 g/mol. The van der Waals surface area contributed by atoms with Gasteiger partial charge in [-0.2, -0.15) is 0 Å². The van der Waals surface area contributed by atoms with Gasteiger partial charge in [0.15, 0.2) is 0 Å². The smallest absolute Gasteiger partial charge is 0.00284 e. The van der Waals surface area contributed by atoms with E-state index in [9.17, 15) is 0 Å². The first-order valence-corrected chi connectivity index (χ1v) is 6.61. The molecule has 3 aliphatic rings. The molecule has 3 aliphatic carbocycles. The Morgan fingerprint density at radius 3 is 2.53 bits per heavy atom. The molecule has 0 aromatic rings. The molecule has 2 bridgehead atoms. The van der Waals surface area contributed by atoms with E-state index in [1.54, 1.807) is 0 Å². The summed E-state index contributed by atoms with van der Waals surface area (Å²) in [7, 11) is 0. The molecule has 2 atom stereocenters. The Morgan fingerprint density at radius 1 is 1.13 bits per heavy atom. The van der Waals surface area contributed by atoms with Crippen LogP contribution in [0.4, 0.5) is 0 Å². The summed E-state index contributed by atoms with van der Waals surface area (Å²) in [5.74, 6) is 0.973. The minimum absolute atomic E-state index is 0.510. The van der Waals surface area contributed by atoms with Crippen molar-refractivity contribution in [3.8, 4) is 0 Å². The Balaban J connectivity index is 2.17. The standard InChI is InChI=1S/C15H24/c1-13(2)8-5-6-12-14(3,4)11-7-9-15(12,13)10-11/h6,11H,5,7-10H2,1-4H3/t11?,15-/m0/s1. The first-order valence-electron chi connectivity index (χ1n) is 6.61. The molecule has 0 heterocycles. The normalized spacial score (nSPS) is 45.1. The maximum Gasteiger partial charge on any atom is -0.00284 e. The van der Waals surface area contributed by atoms with Crippen LogP contribution < -0.4 is 0 Å². The van der Waals surface area contributed by atoms with Crippen LogP contribution in [0.25, 0.3) is 0 Å². The molecule has 0 saturated heterocycles. The topological polar surface area (TPSA) is 0 Å². The lowest BCUT2D eigenvalue weighted by atomic mass is 9.54. The lowest BCUT2D eigenvalue weighted by Crippen LogP contribution is -2.41. The molecule has 2 fully saturated rings. The van der Waals surface area contributed by atoms with E-state index >= 15 is 0 Å². The molecule has 0 N–H and O–H groups in total. The van der Waals surface area contributed by atoms with Crippen molar-refractivity contribution in [2.75, 3.05) is 0 Å². The molecule has 1 spiro atoms. The first kappa shape index (κ1) is 9.93. The fourth-order valence-corrected chi connectivity index (χ4v) is 5.00. The fraction of sp³-hybridized carbons (Fsp3) is 0.867. The van der Waals surface area contributed by atoms with Crippen LogP contribution in [0.2, 0.25) is 0 Å². The third-order valence-corrected chi connectivity index (χ3v) is 6.16. The maximum atomic E-state index is 2.60. The van der Waals surface area contributed by atoms with Gasteiger partial charge in [-0.15, -0.1) is 0 Å². The zero-order chi connectivity index (χ0) is 10.9. The highest BCUT2D eigenvalue weighted by Crippen LogP contribution is 2.73. The molecule has 0 aromatic carbocycles. The third kappa shape index (κ3) is 0.946. The largest absolute Gasteiger partial charge is 0.0842 e. The minimum atomic E-state index is 0.510. The number of fused-ring (bicyclic) bond motifs is 1. The Kier molecular flexibility index (Phi) is 1.67. The molecule has 84 valence electrons. The van der Waals surface area contributed by atoms with Crippen molar-refractivity contribution >= 4 is 0 Å². The SMILES string of the molecule is CC1(C)C2=CCCC(C)(C)[C@]23CCC1C3. The lowest BCUT2D eigenvalue weighted by molar-refractivity contribution is 0.0901. The number of hydrogen-bond acceptors (Lipinski definition) is 0. The van der Waals surface area contributed by atoms with Crippen LogP contribution in [-0.2, 0) is 0 Å². The highest BCUT2D eigenvalue weighted by Gasteiger charge is 2.63. The van der Waals surface area contributed by atoms with Gasteiger partial charge in [0.2, 0.25) is 0 Å². The van der Waals surface area contributed by atoms with Crippen molar-refractivity contribution in [1.82, 2.24) is 0 Å². The fourth-order valence-electron chi connectivity index (χ4n) is 5.00. The van der Waals surface area contributed by atoms with Gasteiger partial charge in [0.25, 0.3) is 0 Å². The van der Waals surface area contributed by atoms with Gasteiger partial charge < -0.3 is 0 Å². The quantitative estimate of drug-likeness (QED) is 0.507.